The van der Waals surface area contributed by atoms with Gasteiger partial charge in [0.15, 0.2) is 0 Å². The van der Waals surface area contributed by atoms with E-state index in [1.807, 2.05) is 0 Å². The summed E-state index contributed by atoms with van der Waals surface area (Å²) in [6.45, 7) is 15.4. The molecule has 2 nitrogen and oxygen atoms in total. The molecular weight excluding hydrogens is 244 g/mol. The van der Waals surface area contributed by atoms with Crippen LogP contribution in [0.1, 0.15) is 73.1 Å². The molecule has 0 aliphatic heterocycles. The van der Waals surface area contributed by atoms with Crippen molar-refractivity contribution in [1.82, 2.24) is 10.2 Å². The van der Waals surface area contributed by atoms with Crippen LogP contribution in [-0.2, 0) is 0 Å². The molecule has 20 heavy (non-hydrogen) atoms. The van der Waals surface area contributed by atoms with E-state index in [1.54, 1.807) is 0 Å². The summed E-state index contributed by atoms with van der Waals surface area (Å²) in [7, 11) is 0. The Labute approximate surface area is 126 Å². The molecule has 0 atom stereocenters. The van der Waals surface area contributed by atoms with Gasteiger partial charge in [0, 0.05) is 24.7 Å². The Bertz CT molecular complexity index is 293. The van der Waals surface area contributed by atoms with Crippen LogP contribution in [0.3, 0.4) is 0 Å². The lowest BCUT2D eigenvalue weighted by Crippen LogP contribution is -2.50. The molecule has 118 valence electrons. The van der Waals surface area contributed by atoms with E-state index >= 15 is 0 Å². The van der Waals surface area contributed by atoms with Gasteiger partial charge in [0.05, 0.1) is 0 Å². The molecule has 0 aromatic heterocycles. The van der Waals surface area contributed by atoms with Crippen LogP contribution in [0.25, 0.3) is 0 Å². The first kappa shape index (κ1) is 16.3. The van der Waals surface area contributed by atoms with Gasteiger partial charge in [-0.05, 0) is 64.3 Å². The largest absolute Gasteiger partial charge is 0.311 e. The van der Waals surface area contributed by atoms with Crippen molar-refractivity contribution < 1.29 is 0 Å². The second kappa shape index (κ2) is 6.36. The van der Waals surface area contributed by atoms with Crippen molar-refractivity contribution >= 4 is 0 Å². The van der Waals surface area contributed by atoms with Crippen LogP contribution in [0.5, 0.6) is 0 Å². The minimum atomic E-state index is 0.243. The van der Waals surface area contributed by atoms with Gasteiger partial charge in [-0.1, -0.05) is 26.7 Å². The third-order valence-corrected chi connectivity index (χ3v) is 5.34. The fourth-order valence-corrected chi connectivity index (χ4v) is 3.59. The molecule has 0 amide bonds. The van der Waals surface area contributed by atoms with E-state index in [2.05, 4.69) is 44.8 Å². The minimum absolute atomic E-state index is 0.243. The Hall–Kier alpha value is -0.0800. The third kappa shape index (κ3) is 4.73. The molecule has 0 radical (unpaired) electrons. The van der Waals surface area contributed by atoms with E-state index in [0.717, 1.165) is 12.0 Å². The van der Waals surface area contributed by atoms with Gasteiger partial charge >= 0.3 is 0 Å². The van der Waals surface area contributed by atoms with Crippen LogP contribution >= 0.6 is 0 Å². The molecule has 0 aromatic carbocycles. The maximum atomic E-state index is 3.81. The van der Waals surface area contributed by atoms with Crippen molar-refractivity contribution in [2.75, 3.05) is 19.6 Å². The average Bonchev–Trinajstić information content (AvgIpc) is 3.20. The van der Waals surface area contributed by atoms with Crippen molar-refractivity contribution in [2.24, 2.45) is 11.3 Å². The average molecular weight is 280 g/mol. The smallest absolute Gasteiger partial charge is 0.00967 e. The van der Waals surface area contributed by atoms with Gasteiger partial charge in [-0.2, -0.15) is 0 Å². The van der Waals surface area contributed by atoms with Crippen molar-refractivity contribution in [3.05, 3.63) is 0 Å². The van der Waals surface area contributed by atoms with Crippen LogP contribution in [0.15, 0.2) is 0 Å². The summed E-state index contributed by atoms with van der Waals surface area (Å²) in [6.07, 6.45) is 8.56. The summed E-state index contributed by atoms with van der Waals surface area (Å²) in [5.41, 5.74) is 0.769. The van der Waals surface area contributed by atoms with Gasteiger partial charge < -0.3 is 10.2 Å². The molecule has 0 saturated heterocycles. The Morgan fingerprint density at radius 1 is 1.10 bits per heavy atom. The van der Waals surface area contributed by atoms with Crippen molar-refractivity contribution in [3.8, 4) is 0 Å². The van der Waals surface area contributed by atoms with Crippen LogP contribution in [0.2, 0.25) is 0 Å². The molecule has 1 N–H and O–H groups in total. The van der Waals surface area contributed by atoms with Crippen LogP contribution in [0, 0.1) is 11.3 Å². The van der Waals surface area contributed by atoms with E-state index in [1.165, 1.54) is 58.2 Å². The fourth-order valence-electron chi connectivity index (χ4n) is 3.59. The van der Waals surface area contributed by atoms with Crippen molar-refractivity contribution in [1.29, 1.82) is 0 Å². The van der Waals surface area contributed by atoms with E-state index in [0.29, 0.717) is 5.41 Å². The number of hydrogen-bond donors (Lipinski definition) is 1. The minimum Gasteiger partial charge on any atom is -0.311 e. The van der Waals surface area contributed by atoms with Crippen LogP contribution in [0.4, 0.5) is 0 Å². The van der Waals surface area contributed by atoms with Crippen molar-refractivity contribution in [3.63, 3.8) is 0 Å². The van der Waals surface area contributed by atoms with Gasteiger partial charge in [-0.3, -0.25) is 0 Å². The van der Waals surface area contributed by atoms with E-state index < -0.39 is 0 Å². The standard InChI is InChI=1S/C18H36N2/c1-6-20(16-7-8-16)14-18(13-19-17(3,4)5)11-9-15(2)10-12-18/h15-16,19H,6-14H2,1-5H3. The second-order valence-electron chi connectivity index (χ2n) is 8.58. The molecule has 2 aliphatic carbocycles. The van der Waals surface area contributed by atoms with Crippen LogP contribution < -0.4 is 5.32 Å². The number of hydrogen-bond acceptors (Lipinski definition) is 2. The first-order chi connectivity index (χ1) is 9.34. The van der Waals surface area contributed by atoms with E-state index in [-0.39, 0.29) is 5.54 Å². The fraction of sp³-hybridized carbons (Fsp3) is 1.00. The Balaban J connectivity index is 1.99. The molecule has 0 aromatic rings. The summed E-state index contributed by atoms with van der Waals surface area (Å²) >= 11 is 0. The van der Waals surface area contributed by atoms with E-state index in [9.17, 15) is 0 Å². The quantitative estimate of drug-likeness (QED) is 0.789. The summed E-state index contributed by atoms with van der Waals surface area (Å²) in [5, 5.41) is 3.81. The summed E-state index contributed by atoms with van der Waals surface area (Å²) in [4.78, 5) is 2.76. The van der Waals surface area contributed by atoms with E-state index in [4.69, 9.17) is 0 Å². The van der Waals surface area contributed by atoms with Crippen molar-refractivity contribution in [2.45, 2.75) is 84.7 Å². The molecule has 2 heteroatoms. The first-order valence-electron chi connectivity index (χ1n) is 8.83. The molecular formula is C18H36N2. The predicted molar refractivity (Wildman–Crippen MR) is 88.1 cm³/mol. The second-order valence-corrected chi connectivity index (χ2v) is 8.58. The SMILES string of the molecule is CCN(CC1(CNC(C)(C)C)CCC(C)CC1)C1CC1. The maximum absolute atomic E-state index is 3.81. The maximum Gasteiger partial charge on any atom is 0.00967 e. The molecule has 0 unspecified atom stereocenters. The molecule has 2 aliphatic rings. The number of rotatable bonds is 6. The Morgan fingerprint density at radius 2 is 1.70 bits per heavy atom. The zero-order chi connectivity index (χ0) is 14.8. The number of nitrogens with zero attached hydrogens (tertiary/aromatic N) is 1. The monoisotopic (exact) mass is 280 g/mol. The lowest BCUT2D eigenvalue weighted by atomic mass is 9.70. The zero-order valence-electron chi connectivity index (χ0n) is 14.5. The highest BCUT2D eigenvalue weighted by atomic mass is 15.2. The molecule has 2 rings (SSSR count). The highest BCUT2D eigenvalue weighted by Crippen LogP contribution is 2.41. The lowest BCUT2D eigenvalue weighted by molar-refractivity contribution is 0.0785. The molecule has 0 spiro atoms. The van der Waals surface area contributed by atoms with Gasteiger partial charge in [0.1, 0.15) is 0 Å². The molecule has 0 heterocycles. The number of nitrogens with one attached hydrogen (secondary N) is 1. The zero-order valence-corrected chi connectivity index (χ0v) is 14.5. The molecule has 0 bridgehead atoms. The first-order valence-corrected chi connectivity index (χ1v) is 8.83. The van der Waals surface area contributed by atoms with Gasteiger partial charge in [-0.15, -0.1) is 0 Å². The Morgan fingerprint density at radius 3 is 2.15 bits per heavy atom. The summed E-state index contributed by atoms with van der Waals surface area (Å²) in [6, 6.07) is 0.908. The molecule has 2 saturated carbocycles. The third-order valence-electron chi connectivity index (χ3n) is 5.34. The highest BCUT2D eigenvalue weighted by molar-refractivity contribution is 4.94. The van der Waals surface area contributed by atoms with Gasteiger partial charge in [0.25, 0.3) is 0 Å². The summed E-state index contributed by atoms with van der Waals surface area (Å²) in [5.74, 6) is 0.939. The van der Waals surface area contributed by atoms with Crippen LogP contribution in [-0.4, -0.2) is 36.1 Å². The predicted octanol–water partition coefficient (Wildman–Crippen LogP) is 4.06. The highest BCUT2D eigenvalue weighted by Gasteiger charge is 2.39. The normalized spacial score (nSPS) is 31.8. The molecule has 2 fully saturated rings. The lowest BCUT2D eigenvalue weighted by Gasteiger charge is -2.44. The van der Waals surface area contributed by atoms with Gasteiger partial charge in [0.2, 0.25) is 0 Å². The van der Waals surface area contributed by atoms with Gasteiger partial charge in [-0.25, -0.2) is 0 Å². The summed E-state index contributed by atoms with van der Waals surface area (Å²) < 4.78 is 0. The Kier molecular flexibility index (Phi) is 5.18. The topological polar surface area (TPSA) is 15.3 Å².